The molecule has 0 spiro atoms. The molecule has 3 rings (SSSR count). The van der Waals surface area contributed by atoms with E-state index < -0.39 is 6.03 Å². The number of nitrogens with zero attached hydrogens (tertiary/aromatic N) is 5. The topological polar surface area (TPSA) is 89.1 Å². The molecule has 3 heterocycles. The first kappa shape index (κ1) is 17.5. The number of hydrogen-bond acceptors (Lipinski definition) is 4. The zero-order chi connectivity index (χ0) is 18.1. The predicted octanol–water partition coefficient (Wildman–Crippen LogP) is 3.93. The predicted molar refractivity (Wildman–Crippen MR) is 97.6 cm³/mol. The summed E-state index contributed by atoms with van der Waals surface area (Å²) in [7, 11) is 1.69. The lowest BCUT2D eigenvalue weighted by molar-refractivity contribution is 0.262. The minimum absolute atomic E-state index is 0.158. The summed E-state index contributed by atoms with van der Waals surface area (Å²) < 4.78 is 3.08. The van der Waals surface area contributed by atoms with Gasteiger partial charge in [-0.15, -0.1) is 0 Å². The number of hydrogen-bond donors (Lipinski definition) is 2. The maximum Gasteiger partial charge on any atom is 0.324 e. The third-order valence-corrected chi connectivity index (χ3v) is 4.31. The lowest BCUT2D eigenvalue weighted by Crippen LogP contribution is -2.22. The molecule has 10 heteroatoms. The number of carbonyl (C=O) groups excluding carboxylic acids is 1. The second-order valence-electron chi connectivity index (χ2n) is 5.67. The van der Waals surface area contributed by atoms with E-state index in [2.05, 4.69) is 39.7 Å². The summed E-state index contributed by atoms with van der Waals surface area (Å²) in [4.78, 5) is 16.7. The van der Waals surface area contributed by atoms with Gasteiger partial charge in [-0.25, -0.2) is 14.3 Å². The molecule has 8 nitrogen and oxygen atoms in total. The largest absolute Gasteiger partial charge is 0.324 e. The van der Waals surface area contributed by atoms with Gasteiger partial charge in [-0.05, 0) is 12.3 Å². The van der Waals surface area contributed by atoms with Crippen LogP contribution in [-0.2, 0) is 7.05 Å². The van der Waals surface area contributed by atoms with Crippen LogP contribution in [0.4, 0.5) is 16.3 Å². The Kier molecular flexibility index (Phi) is 4.82. The summed E-state index contributed by atoms with van der Waals surface area (Å²) in [6, 6.07) is 1.14. The minimum Gasteiger partial charge on any atom is -0.306 e. The molecule has 2 N–H and O–H groups in total. The Hall–Kier alpha value is -2.32. The smallest absolute Gasteiger partial charge is 0.306 e. The summed E-state index contributed by atoms with van der Waals surface area (Å²) in [5.74, 6) is 0.635. The van der Waals surface area contributed by atoms with Crippen molar-refractivity contribution in [2.75, 3.05) is 10.6 Å². The molecule has 0 aliphatic heterocycles. The monoisotopic (exact) mass is 381 g/mol. The number of rotatable bonds is 4. The van der Waals surface area contributed by atoms with E-state index in [1.807, 2.05) is 0 Å². The molecule has 0 radical (unpaired) electrons. The van der Waals surface area contributed by atoms with E-state index >= 15 is 0 Å². The van der Waals surface area contributed by atoms with Crippen LogP contribution >= 0.6 is 23.2 Å². The Balaban J connectivity index is 1.92. The van der Waals surface area contributed by atoms with Crippen molar-refractivity contribution in [2.45, 2.75) is 26.2 Å². The quantitative estimate of drug-likeness (QED) is 0.716. The first-order valence-corrected chi connectivity index (χ1v) is 8.46. The fourth-order valence-corrected chi connectivity index (χ4v) is 2.92. The van der Waals surface area contributed by atoms with Crippen LogP contribution in [0.2, 0.25) is 10.3 Å². The molecule has 0 aliphatic rings. The van der Waals surface area contributed by atoms with E-state index in [-0.39, 0.29) is 5.92 Å². The number of nitrogens with one attached hydrogen (secondary N) is 2. The molecule has 0 saturated heterocycles. The molecule has 132 valence electrons. The molecule has 0 aromatic carbocycles. The van der Waals surface area contributed by atoms with Crippen molar-refractivity contribution in [1.82, 2.24) is 24.4 Å². The summed E-state index contributed by atoms with van der Waals surface area (Å²) in [5.41, 5.74) is 2.08. The highest BCUT2D eigenvalue weighted by atomic mass is 35.5. The standard InChI is InChI=1S/C15H17Cl2N7O/c1-4-8(2)13-9(6-18-24-7-11(17)20-14(13)24)19-15(25)21-12-5-10(16)22-23(12)3/h5-8H,4H2,1-3H3,(H2,19,21,25). The molecule has 1 atom stereocenters. The summed E-state index contributed by atoms with van der Waals surface area (Å²) in [6.45, 7) is 4.12. The average Bonchev–Trinajstić information content (AvgIpc) is 3.07. The number of imidazole rings is 1. The minimum atomic E-state index is -0.423. The number of aryl methyl sites for hydroxylation is 1. The normalized spacial score (nSPS) is 12.4. The molecule has 0 saturated carbocycles. The van der Waals surface area contributed by atoms with Gasteiger partial charge in [0.2, 0.25) is 0 Å². The maximum absolute atomic E-state index is 12.4. The average molecular weight is 382 g/mol. The number of urea groups is 1. The lowest BCUT2D eigenvalue weighted by Gasteiger charge is -2.16. The SMILES string of the molecule is CCC(C)c1c(NC(=O)Nc2cc(Cl)nn2C)cnn2cc(Cl)nc12. The highest BCUT2D eigenvalue weighted by Gasteiger charge is 2.19. The van der Waals surface area contributed by atoms with Crippen molar-refractivity contribution in [3.8, 4) is 0 Å². The van der Waals surface area contributed by atoms with Crippen molar-refractivity contribution < 1.29 is 4.79 Å². The number of amides is 2. The Morgan fingerprint density at radius 2 is 2.08 bits per heavy atom. The molecule has 0 bridgehead atoms. The summed E-state index contributed by atoms with van der Waals surface area (Å²) in [6.07, 6.45) is 4.09. The van der Waals surface area contributed by atoms with E-state index in [1.54, 1.807) is 30.0 Å². The molecular formula is C15H17Cl2N7O. The molecule has 2 amide bonds. The summed E-state index contributed by atoms with van der Waals surface area (Å²) in [5, 5.41) is 14.4. The van der Waals surface area contributed by atoms with Gasteiger partial charge in [-0.3, -0.25) is 10.00 Å². The number of aromatic nitrogens is 5. The number of anilines is 2. The van der Waals surface area contributed by atoms with Crippen LogP contribution in [0.25, 0.3) is 5.65 Å². The van der Waals surface area contributed by atoms with Gasteiger partial charge in [0.25, 0.3) is 0 Å². The second kappa shape index (κ2) is 6.89. The van der Waals surface area contributed by atoms with E-state index in [0.717, 1.165) is 12.0 Å². The van der Waals surface area contributed by atoms with Gasteiger partial charge in [-0.1, -0.05) is 37.0 Å². The van der Waals surface area contributed by atoms with Crippen LogP contribution in [-0.4, -0.2) is 30.4 Å². The molecule has 3 aromatic rings. The number of halogens is 2. The zero-order valence-electron chi connectivity index (χ0n) is 13.9. The highest BCUT2D eigenvalue weighted by molar-refractivity contribution is 6.30. The van der Waals surface area contributed by atoms with E-state index in [0.29, 0.717) is 27.5 Å². The van der Waals surface area contributed by atoms with Gasteiger partial charge in [0.15, 0.2) is 10.8 Å². The molecular weight excluding hydrogens is 365 g/mol. The Morgan fingerprint density at radius 3 is 2.72 bits per heavy atom. The van der Waals surface area contributed by atoms with Gasteiger partial charge in [-0.2, -0.15) is 10.2 Å². The van der Waals surface area contributed by atoms with Crippen molar-refractivity contribution >= 4 is 46.4 Å². The Morgan fingerprint density at radius 1 is 1.32 bits per heavy atom. The maximum atomic E-state index is 12.4. The third-order valence-electron chi connectivity index (χ3n) is 3.95. The molecule has 1 unspecified atom stereocenters. The highest BCUT2D eigenvalue weighted by Crippen LogP contribution is 2.30. The van der Waals surface area contributed by atoms with Crippen LogP contribution < -0.4 is 10.6 Å². The van der Waals surface area contributed by atoms with Crippen molar-refractivity contribution in [1.29, 1.82) is 0 Å². The molecule has 0 aliphatic carbocycles. The van der Waals surface area contributed by atoms with Crippen molar-refractivity contribution in [2.24, 2.45) is 7.05 Å². The third kappa shape index (κ3) is 3.54. The van der Waals surface area contributed by atoms with Crippen molar-refractivity contribution in [3.05, 3.63) is 34.3 Å². The Bertz CT molecular complexity index is 933. The first-order valence-electron chi connectivity index (χ1n) is 7.70. The van der Waals surface area contributed by atoms with Crippen LogP contribution in [0.5, 0.6) is 0 Å². The van der Waals surface area contributed by atoms with E-state index in [9.17, 15) is 4.79 Å². The molecule has 25 heavy (non-hydrogen) atoms. The second-order valence-corrected chi connectivity index (χ2v) is 6.44. The Labute approximate surface area is 154 Å². The fraction of sp³-hybridized carbons (Fsp3) is 0.333. The number of carbonyl (C=O) groups is 1. The van der Waals surface area contributed by atoms with Gasteiger partial charge in [0.05, 0.1) is 18.1 Å². The summed E-state index contributed by atoms with van der Waals surface area (Å²) >= 11 is 11.8. The van der Waals surface area contributed by atoms with Crippen molar-refractivity contribution in [3.63, 3.8) is 0 Å². The van der Waals surface area contributed by atoms with Gasteiger partial charge in [0, 0.05) is 18.7 Å². The zero-order valence-corrected chi connectivity index (χ0v) is 15.4. The van der Waals surface area contributed by atoms with E-state index in [1.165, 1.54) is 4.68 Å². The first-order chi connectivity index (χ1) is 11.9. The van der Waals surface area contributed by atoms with Crippen LogP contribution in [0.15, 0.2) is 18.5 Å². The molecule has 0 fully saturated rings. The van der Waals surface area contributed by atoms with Crippen LogP contribution in [0.1, 0.15) is 31.7 Å². The van der Waals surface area contributed by atoms with Gasteiger partial charge < -0.3 is 5.32 Å². The molecule has 3 aromatic heterocycles. The number of fused-ring (bicyclic) bond motifs is 1. The van der Waals surface area contributed by atoms with Crippen LogP contribution in [0.3, 0.4) is 0 Å². The lowest BCUT2D eigenvalue weighted by atomic mass is 9.98. The van der Waals surface area contributed by atoms with E-state index in [4.69, 9.17) is 23.2 Å². The van der Waals surface area contributed by atoms with Gasteiger partial charge in [0.1, 0.15) is 11.0 Å². The fourth-order valence-electron chi connectivity index (χ4n) is 2.53. The van der Waals surface area contributed by atoms with Gasteiger partial charge >= 0.3 is 6.03 Å². The van der Waals surface area contributed by atoms with Crippen LogP contribution in [0, 0.1) is 0 Å².